The van der Waals surface area contributed by atoms with Gasteiger partial charge in [0.05, 0.1) is 5.75 Å². The molecule has 6 heteroatoms. The predicted molar refractivity (Wildman–Crippen MR) is 136 cm³/mol. The Balaban J connectivity index is 1.62. The molecule has 4 rings (SSSR count). The van der Waals surface area contributed by atoms with Crippen LogP contribution in [0.15, 0.2) is 71.9 Å². The SMILES string of the molecule is CCc1cccc(C)c1NC(=O)CSc1nnc(-c2cccc(C)c2)n1-c1ccc(C)cc1. The number of carbonyl (C=O) groups is 1. The predicted octanol–water partition coefficient (Wildman–Crippen LogP) is 6.15. The molecule has 0 aliphatic heterocycles. The number of hydrogen-bond donors (Lipinski definition) is 1. The van der Waals surface area contributed by atoms with Crippen molar-refractivity contribution in [3.63, 3.8) is 0 Å². The second kappa shape index (κ2) is 10.0. The summed E-state index contributed by atoms with van der Waals surface area (Å²) in [6, 6.07) is 22.6. The zero-order chi connectivity index (χ0) is 23.4. The maximum Gasteiger partial charge on any atom is 0.234 e. The van der Waals surface area contributed by atoms with Gasteiger partial charge in [-0.15, -0.1) is 10.2 Å². The lowest BCUT2D eigenvalue weighted by atomic mass is 10.1. The number of amides is 1. The molecule has 5 nitrogen and oxygen atoms in total. The van der Waals surface area contributed by atoms with E-state index in [1.54, 1.807) is 0 Å². The second-order valence-electron chi connectivity index (χ2n) is 8.15. The number of thioether (sulfide) groups is 1. The van der Waals surface area contributed by atoms with Crippen molar-refractivity contribution in [1.82, 2.24) is 14.8 Å². The third-order valence-electron chi connectivity index (χ3n) is 5.54. The third-order valence-corrected chi connectivity index (χ3v) is 6.47. The molecule has 33 heavy (non-hydrogen) atoms. The first-order chi connectivity index (χ1) is 16.0. The second-order valence-corrected chi connectivity index (χ2v) is 9.09. The van der Waals surface area contributed by atoms with Gasteiger partial charge in [0.15, 0.2) is 11.0 Å². The van der Waals surface area contributed by atoms with E-state index in [0.717, 1.165) is 45.9 Å². The molecule has 0 fully saturated rings. The first-order valence-electron chi connectivity index (χ1n) is 11.1. The van der Waals surface area contributed by atoms with Crippen molar-refractivity contribution in [3.8, 4) is 17.1 Å². The lowest BCUT2D eigenvalue weighted by Crippen LogP contribution is -2.16. The summed E-state index contributed by atoms with van der Waals surface area (Å²) in [6.45, 7) is 8.24. The number of rotatable bonds is 7. The van der Waals surface area contributed by atoms with E-state index < -0.39 is 0 Å². The van der Waals surface area contributed by atoms with Crippen LogP contribution in [0.3, 0.4) is 0 Å². The molecule has 1 heterocycles. The molecule has 4 aromatic rings. The van der Waals surface area contributed by atoms with E-state index in [2.05, 4.69) is 78.7 Å². The van der Waals surface area contributed by atoms with Crippen LogP contribution in [0.1, 0.15) is 29.2 Å². The molecule has 168 valence electrons. The summed E-state index contributed by atoms with van der Waals surface area (Å²) < 4.78 is 2.03. The molecule has 3 aromatic carbocycles. The van der Waals surface area contributed by atoms with E-state index >= 15 is 0 Å². The van der Waals surface area contributed by atoms with Gasteiger partial charge >= 0.3 is 0 Å². The van der Waals surface area contributed by atoms with Crippen LogP contribution in [0.25, 0.3) is 17.1 Å². The van der Waals surface area contributed by atoms with Gasteiger partial charge in [-0.25, -0.2) is 0 Å². The van der Waals surface area contributed by atoms with E-state index in [0.29, 0.717) is 5.16 Å². The fourth-order valence-electron chi connectivity index (χ4n) is 3.77. The highest BCUT2D eigenvalue weighted by molar-refractivity contribution is 7.99. The number of benzene rings is 3. The molecular weight excluding hydrogens is 428 g/mol. The summed E-state index contributed by atoms with van der Waals surface area (Å²) in [4.78, 5) is 12.8. The van der Waals surface area contributed by atoms with Crippen LogP contribution in [-0.2, 0) is 11.2 Å². The molecular formula is C27H28N4OS. The number of aromatic nitrogens is 3. The monoisotopic (exact) mass is 456 g/mol. The van der Waals surface area contributed by atoms with Gasteiger partial charge in [0.25, 0.3) is 0 Å². The minimum atomic E-state index is -0.0560. The highest BCUT2D eigenvalue weighted by Gasteiger charge is 2.18. The van der Waals surface area contributed by atoms with Crippen LogP contribution in [0.2, 0.25) is 0 Å². The lowest BCUT2D eigenvalue weighted by Gasteiger charge is -2.13. The molecule has 1 N–H and O–H groups in total. The van der Waals surface area contributed by atoms with Crippen molar-refractivity contribution in [2.75, 3.05) is 11.1 Å². The molecule has 0 atom stereocenters. The van der Waals surface area contributed by atoms with E-state index in [4.69, 9.17) is 0 Å². The Morgan fingerprint density at radius 1 is 0.939 bits per heavy atom. The summed E-state index contributed by atoms with van der Waals surface area (Å²) in [5.74, 6) is 0.951. The summed E-state index contributed by atoms with van der Waals surface area (Å²) in [7, 11) is 0. The molecule has 0 radical (unpaired) electrons. The van der Waals surface area contributed by atoms with Gasteiger partial charge in [-0.1, -0.05) is 78.3 Å². The number of anilines is 1. The summed E-state index contributed by atoms with van der Waals surface area (Å²) >= 11 is 1.39. The highest BCUT2D eigenvalue weighted by Crippen LogP contribution is 2.29. The zero-order valence-electron chi connectivity index (χ0n) is 19.4. The number of hydrogen-bond acceptors (Lipinski definition) is 4. The Hall–Kier alpha value is -3.38. The van der Waals surface area contributed by atoms with E-state index in [-0.39, 0.29) is 11.7 Å². The number of carbonyl (C=O) groups excluding carboxylic acids is 1. The van der Waals surface area contributed by atoms with Crippen molar-refractivity contribution in [2.45, 2.75) is 39.3 Å². The normalized spacial score (nSPS) is 10.9. The van der Waals surface area contributed by atoms with E-state index in [1.807, 2.05) is 35.8 Å². The van der Waals surface area contributed by atoms with Crippen LogP contribution >= 0.6 is 11.8 Å². The van der Waals surface area contributed by atoms with Gasteiger partial charge in [0.2, 0.25) is 5.91 Å². The Morgan fingerprint density at radius 2 is 1.70 bits per heavy atom. The van der Waals surface area contributed by atoms with Crippen LogP contribution in [0.4, 0.5) is 5.69 Å². The van der Waals surface area contributed by atoms with Crippen molar-refractivity contribution in [1.29, 1.82) is 0 Å². The quantitative estimate of drug-likeness (QED) is 0.339. The fraction of sp³-hybridized carbons (Fsp3) is 0.222. The number of para-hydroxylation sites is 1. The average Bonchev–Trinajstić information content (AvgIpc) is 3.23. The average molecular weight is 457 g/mol. The van der Waals surface area contributed by atoms with Gasteiger partial charge in [0.1, 0.15) is 0 Å². The number of nitrogens with zero attached hydrogens (tertiary/aromatic N) is 3. The standard InChI is InChI=1S/C27H28N4OS/c1-5-21-10-7-9-20(4)25(21)28-24(32)17-33-27-30-29-26(22-11-6-8-19(3)16-22)31(27)23-14-12-18(2)13-15-23/h6-16H,5,17H2,1-4H3,(H,28,32). The highest BCUT2D eigenvalue weighted by atomic mass is 32.2. The largest absolute Gasteiger partial charge is 0.325 e. The molecule has 0 unspecified atom stereocenters. The third kappa shape index (κ3) is 5.17. The van der Waals surface area contributed by atoms with Crippen LogP contribution in [0, 0.1) is 20.8 Å². The maximum atomic E-state index is 12.8. The smallest absolute Gasteiger partial charge is 0.234 e. The van der Waals surface area contributed by atoms with Crippen LogP contribution < -0.4 is 5.32 Å². The minimum absolute atomic E-state index is 0.0560. The molecule has 1 aromatic heterocycles. The zero-order valence-corrected chi connectivity index (χ0v) is 20.2. The molecule has 1 amide bonds. The summed E-state index contributed by atoms with van der Waals surface area (Å²) in [5, 5.41) is 12.7. The van der Waals surface area contributed by atoms with Crippen molar-refractivity contribution in [3.05, 3.63) is 89.0 Å². The van der Waals surface area contributed by atoms with Crippen molar-refractivity contribution < 1.29 is 4.79 Å². The Labute approximate surface area is 199 Å². The van der Waals surface area contributed by atoms with Gasteiger partial charge in [-0.2, -0.15) is 0 Å². The van der Waals surface area contributed by atoms with Gasteiger partial charge in [0, 0.05) is 16.9 Å². The Bertz CT molecular complexity index is 1280. The van der Waals surface area contributed by atoms with Crippen LogP contribution in [-0.4, -0.2) is 26.4 Å². The first-order valence-corrected chi connectivity index (χ1v) is 12.1. The molecule has 0 saturated heterocycles. The lowest BCUT2D eigenvalue weighted by molar-refractivity contribution is -0.113. The summed E-state index contributed by atoms with van der Waals surface area (Å²) in [5.41, 5.74) is 7.41. The molecule has 0 aliphatic carbocycles. The molecule has 0 saturated carbocycles. The minimum Gasteiger partial charge on any atom is -0.325 e. The van der Waals surface area contributed by atoms with Crippen LogP contribution in [0.5, 0.6) is 0 Å². The first kappa shape index (κ1) is 22.8. The van der Waals surface area contributed by atoms with Crippen molar-refractivity contribution in [2.24, 2.45) is 0 Å². The van der Waals surface area contributed by atoms with E-state index in [9.17, 15) is 4.79 Å². The van der Waals surface area contributed by atoms with Gasteiger partial charge in [-0.05, 0) is 56.5 Å². The molecule has 0 aliphatic rings. The Morgan fingerprint density at radius 3 is 2.42 bits per heavy atom. The van der Waals surface area contributed by atoms with Crippen molar-refractivity contribution >= 4 is 23.4 Å². The maximum absolute atomic E-state index is 12.8. The molecule has 0 bridgehead atoms. The topological polar surface area (TPSA) is 59.8 Å². The number of nitrogens with one attached hydrogen (secondary N) is 1. The van der Waals surface area contributed by atoms with E-state index in [1.165, 1.54) is 17.3 Å². The molecule has 0 spiro atoms. The Kier molecular flexibility index (Phi) is 6.94. The van der Waals surface area contributed by atoms with Gasteiger partial charge < -0.3 is 5.32 Å². The summed E-state index contributed by atoms with van der Waals surface area (Å²) in [6.07, 6.45) is 0.867. The number of aryl methyl sites for hydroxylation is 4. The van der Waals surface area contributed by atoms with Gasteiger partial charge in [-0.3, -0.25) is 9.36 Å². The fourth-order valence-corrected chi connectivity index (χ4v) is 4.52.